The summed E-state index contributed by atoms with van der Waals surface area (Å²) in [4.78, 5) is 18.9. The zero-order chi connectivity index (χ0) is 18.0. The summed E-state index contributed by atoms with van der Waals surface area (Å²) in [6, 6.07) is 5.95. The van der Waals surface area contributed by atoms with Crippen LogP contribution in [0.2, 0.25) is 0 Å². The number of hydrogen-bond acceptors (Lipinski definition) is 4. The average molecular weight is 366 g/mol. The Balaban J connectivity index is 1.74. The molecule has 1 saturated heterocycles. The Morgan fingerprint density at radius 1 is 1.40 bits per heavy atom. The number of halogens is 2. The number of amides is 1. The quantitative estimate of drug-likeness (QED) is 0.772. The average Bonchev–Trinajstić information content (AvgIpc) is 3.12. The Bertz CT molecular complexity index is 745. The summed E-state index contributed by atoms with van der Waals surface area (Å²) in [6.45, 7) is 4.97. The van der Waals surface area contributed by atoms with Crippen molar-refractivity contribution in [2.75, 3.05) is 19.0 Å². The molecule has 1 aromatic carbocycles. The number of rotatable bonds is 4. The van der Waals surface area contributed by atoms with Crippen LogP contribution in [0.25, 0.3) is 11.4 Å². The normalized spacial score (nSPS) is 18.4. The molecule has 7 heteroatoms. The summed E-state index contributed by atoms with van der Waals surface area (Å²) in [5.74, 6) is 0.967. The molecule has 5 nitrogen and oxygen atoms in total. The fraction of sp³-hybridized carbons (Fsp3) is 0.500. The monoisotopic (exact) mass is 365 g/mol. The molecule has 1 aliphatic rings. The van der Waals surface area contributed by atoms with Crippen LogP contribution < -0.4 is 0 Å². The van der Waals surface area contributed by atoms with Gasteiger partial charge in [0.1, 0.15) is 5.82 Å². The van der Waals surface area contributed by atoms with Crippen LogP contribution in [0.5, 0.6) is 0 Å². The number of carbonyl (C=O) groups excluding carboxylic acids is 1. The largest absolute Gasteiger partial charge is 0.341 e. The Labute approximate surface area is 151 Å². The molecule has 0 bridgehead atoms. The molecule has 0 spiro atoms. The van der Waals surface area contributed by atoms with Crippen LogP contribution in [0.4, 0.5) is 4.39 Å². The number of piperidine rings is 1. The predicted molar refractivity (Wildman–Crippen MR) is 92.7 cm³/mol. The minimum Gasteiger partial charge on any atom is -0.341 e. The highest BCUT2D eigenvalue weighted by atomic mass is 35.5. The van der Waals surface area contributed by atoms with Crippen molar-refractivity contribution in [1.29, 1.82) is 0 Å². The summed E-state index contributed by atoms with van der Waals surface area (Å²) in [5.41, 5.74) is 0.112. The minimum absolute atomic E-state index is 0.00511. The van der Waals surface area contributed by atoms with Gasteiger partial charge in [-0.25, -0.2) is 4.39 Å². The molecule has 25 heavy (non-hydrogen) atoms. The van der Waals surface area contributed by atoms with Crippen molar-refractivity contribution in [3.8, 4) is 11.4 Å². The van der Waals surface area contributed by atoms with Crippen molar-refractivity contribution in [3.05, 3.63) is 36.0 Å². The first-order valence-electron chi connectivity index (χ1n) is 8.35. The highest BCUT2D eigenvalue weighted by Gasteiger charge is 2.35. The van der Waals surface area contributed by atoms with E-state index in [0.717, 1.165) is 12.8 Å². The van der Waals surface area contributed by atoms with Crippen molar-refractivity contribution < 1.29 is 13.7 Å². The van der Waals surface area contributed by atoms with Crippen LogP contribution in [0.15, 0.2) is 28.8 Å². The van der Waals surface area contributed by atoms with Crippen molar-refractivity contribution >= 4 is 17.5 Å². The zero-order valence-corrected chi connectivity index (χ0v) is 15.1. The number of alkyl halides is 1. The summed E-state index contributed by atoms with van der Waals surface area (Å²) in [6.07, 6.45) is 1.76. The van der Waals surface area contributed by atoms with E-state index in [1.54, 1.807) is 12.1 Å². The molecular weight excluding hydrogens is 345 g/mol. The van der Waals surface area contributed by atoms with Crippen LogP contribution in [0, 0.1) is 11.2 Å². The molecule has 1 aromatic heterocycles. The predicted octanol–water partition coefficient (Wildman–Crippen LogP) is 3.85. The highest BCUT2D eigenvalue weighted by molar-refractivity contribution is 6.19. The molecule has 2 heterocycles. The lowest BCUT2D eigenvalue weighted by atomic mass is 9.91. The number of likely N-dealkylation sites (tertiary alicyclic amines) is 1. The SMILES string of the molecule is CC(C)(CCl)C(=O)N1CCC[C@@H](c2nc(-c3ccc(F)cc3)no2)C1. The van der Waals surface area contributed by atoms with Gasteiger partial charge in [-0.05, 0) is 51.0 Å². The summed E-state index contributed by atoms with van der Waals surface area (Å²) in [5, 5.41) is 3.99. The third-order valence-corrected chi connectivity index (χ3v) is 5.18. The number of hydrogen-bond donors (Lipinski definition) is 0. The minimum atomic E-state index is -0.586. The number of nitrogens with zero attached hydrogens (tertiary/aromatic N) is 3. The van der Waals surface area contributed by atoms with Gasteiger partial charge in [0, 0.05) is 24.5 Å². The maximum absolute atomic E-state index is 13.0. The van der Waals surface area contributed by atoms with E-state index in [0.29, 0.717) is 30.4 Å². The zero-order valence-electron chi connectivity index (χ0n) is 14.3. The van der Waals surface area contributed by atoms with Crippen molar-refractivity contribution in [1.82, 2.24) is 15.0 Å². The number of aromatic nitrogens is 2. The van der Waals surface area contributed by atoms with Gasteiger partial charge in [-0.3, -0.25) is 4.79 Å². The first-order valence-corrected chi connectivity index (χ1v) is 8.89. The van der Waals surface area contributed by atoms with E-state index in [-0.39, 0.29) is 23.5 Å². The lowest BCUT2D eigenvalue weighted by Crippen LogP contribution is -2.46. The van der Waals surface area contributed by atoms with Crippen LogP contribution in [-0.4, -0.2) is 39.9 Å². The molecule has 3 rings (SSSR count). The second-order valence-corrected chi connectivity index (χ2v) is 7.34. The van der Waals surface area contributed by atoms with Gasteiger partial charge in [0.25, 0.3) is 0 Å². The van der Waals surface area contributed by atoms with E-state index in [1.807, 2.05) is 18.7 Å². The second kappa shape index (κ2) is 7.12. The molecule has 134 valence electrons. The summed E-state index contributed by atoms with van der Waals surface area (Å²) >= 11 is 5.93. The van der Waals surface area contributed by atoms with E-state index >= 15 is 0 Å². The van der Waals surface area contributed by atoms with Gasteiger partial charge in [-0.15, -0.1) is 11.6 Å². The Morgan fingerprint density at radius 2 is 2.12 bits per heavy atom. The highest BCUT2D eigenvalue weighted by Crippen LogP contribution is 2.30. The third kappa shape index (κ3) is 3.84. The molecule has 1 amide bonds. The molecule has 1 atom stereocenters. The summed E-state index contributed by atoms with van der Waals surface area (Å²) < 4.78 is 18.4. The smallest absolute Gasteiger partial charge is 0.231 e. The third-order valence-electron chi connectivity index (χ3n) is 4.52. The second-order valence-electron chi connectivity index (χ2n) is 7.07. The van der Waals surface area contributed by atoms with Gasteiger partial charge in [0.15, 0.2) is 0 Å². The Morgan fingerprint density at radius 3 is 2.80 bits per heavy atom. The van der Waals surface area contributed by atoms with Gasteiger partial charge in [-0.2, -0.15) is 4.98 Å². The lowest BCUT2D eigenvalue weighted by molar-refractivity contribution is -0.140. The van der Waals surface area contributed by atoms with E-state index in [9.17, 15) is 9.18 Å². The van der Waals surface area contributed by atoms with Gasteiger partial charge in [0.05, 0.1) is 11.3 Å². The fourth-order valence-corrected chi connectivity index (χ4v) is 3.08. The van der Waals surface area contributed by atoms with Crippen molar-refractivity contribution in [2.45, 2.75) is 32.6 Å². The lowest BCUT2D eigenvalue weighted by Gasteiger charge is -2.35. The van der Waals surface area contributed by atoms with Gasteiger partial charge in [0.2, 0.25) is 17.6 Å². The first kappa shape index (κ1) is 17.9. The standard InChI is InChI=1S/C18H21ClFN3O2/c1-18(2,11-19)17(24)23-9-3-4-13(10-23)16-21-15(22-25-16)12-5-7-14(20)8-6-12/h5-8,13H,3-4,9-11H2,1-2H3/t13-/m1/s1. The molecule has 1 aliphatic heterocycles. The van der Waals surface area contributed by atoms with E-state index in [4.69, 9.17) is 16.1 Å². The van der Waals surface area contributed by atoms with E-state index < -0.39 is 5.41 Å². The van der Waals surface area contributed by atoms with Crippen LogP contribution in [-0.2, 0) is 4.79 Å². The van der Waals surface area contributed by atoms with Crippen LogP contribution >= 0.6 is 11.6 Å². The number of carbonyl (C=O) groups is 1. The van der Waals surface area contributed by atoms with E-state index in [2.05, 4.69) is 10.1 Å². The topological polar surface area (TPSA) is 59.2 Å². The maximum Gasteiger partial charge on any atom is 0.231 e. The van der Waals surface area contributed by atoms with Crippen molar-refractivity contribution in [3.63, 3.8) is 0 Å². The molecule has 0 unspecified atom stereocenters. The van der Waals surface area contributed by atoms with E-state index in [1.165, 1.54) is 12.1 Å². The molecule has 0 aliphatic carbocycles. The Hall–Kier alpha value is -1.95. The van der Waals surface area contributed by atoms with Gasteiger partial charge in [-0.1, -0.05) is 5.16 Å². The molecule has 0 N–H and O–H groups in total. The molecule has 0 saturated carbocycles. The fourth-order valence-electron chi connectivity index (χ4n) is 2.97. The Kier molecular flexibility index (Phi) is 5.08. The summed E-state index contributed by atoms with van der Waals surface area (Å²) in [7, 11) is 0. The molecular formula is C18H21ClFN3O2. The van der Waals surface area contributed by atoms with Crippen molar-refractivity contribution in [2.24, 2.45) is 5.41 Å². The van der Waals surface area contributed by atoms with Crippen LogP contribution in [0.3, 0.4) is 0 Å². The van der Waals surface area contributed by atoms with Crippen LogP contribution in [0.1, 0.15) is 38.5 Å². The molecule has 1 fully saturated rings. The maximum atomic E-state index is 13.0. The van der Waals surface area contributed by atoms with Gasteiger partial charge >= 0.3 is 0 Å². The van der Waals surface area contributed by atoms with Gasteiger partial charge < -0.3 is 9.42 Å². The number of benzene rings is 1. The molecule has 0 radical (unpaired) electrons. The molecule has 2 aromatic rings. The first-order chi connectivity index (χ1) is 11.9.